The van der Waals surface area contributed by atoms with Crippen LogP contribution < -0.4 is 5.32 Å². The highest BCUT2D eigenvalue weighted by Crippen LogP contribution is 2.16. The zero-order valence-corrected chi connectivity index (χ0v) is 9.68. The molecule has 0 unspecified atom stereocenters. The first-order chi connectivity index (χ1) is 6.84. The van der Waals surface area contributed by atoms with Gasteiger partial charge < -0.3 is 5.32 Å². The number of nitrogens with one attached hydrogen (secondary N) is 1. The lowest BCUT2D eigenvalue weighted by Crippen LogP contribution is -1.96. The molecule has 1 N–H and O–H groups in total. The van der Waals surface area contributed by atoms with Gasteiger partial charge in [-0.2, -0.15) is 0 Å². The van der Waals surface area contributed by atoms with Gasteiger partial charge in [-0.3, -0.25) is 0 Å². The molecule has 2 aromatic rings. The third kappa shape index (κ3) is 2.52. The van der Waals surface area contributed by atoms with Crippen LogP contribution in [0, 0.1) is 0 Å². The largest absolute Gasteiger partial charge is 0.380 e. The van der Waals surface area contributed by atoms with Crippen LogP contribution in [-0.4, -0.2) is 9.59 Å². The first kappa shape index (κ1) is 9.61. The number of halogens is 1. The van der Waals surface area contributed by atoms with E-state index in [2.05, 4.69) is 30.8 Å². The Hall–Kier alpha value is -0.940. The van der Waals surface area contributed by atoms with Gasteiger partial charge in [0, 0.05) is 10.2 Å². The van der Waals surface area contributed by atoms with Crippen molar-refractivity contribution in [2.24, 2.45) is 0 Å². The molecule has 0 saturated heterocycles. The van der Waals surface area contributed by atoms with E-state index in [-0.39, 0.29) is 0 Å². The second kappa shape index (κ2) is 4.52. The number of hydrogen-bond donors (Lipinski definition) is 1. The molecular formula is C9H8BrN3S. The molecule has 1 aromatic heterocycles. The van der Waals surface area contributed by atoms with E-state index in [0.29, 0.717) is 0 Å². The van der Waals surface area contributed by atoms with Crippen molar-refractivity contribution in [2.45, 2.75) is 6.54 Å². The van der Waals surface area contributed by atoms with E-state index in [1.807, 2.05) is 24.3 Å². The second-order valence-corrected chi connectivity index (χ2v) is 4.53. The lowest BCUT2D eigenvalue weighted by molar-refractivity contribution is 1.12. The van der Waals surface area contributed by atoms with Gasteiger partial charge in [0.15, 0.2) is 0 Å². The summed E-state index contributed by atoms with van der Waals surface area (Å²) in [5.41, 5.74) is 1.09. The van der Waals surface area contributed by atoms with E-state index in [0.717, 1.165) is 21.6 Å². The molecule has 0 bridgehead atoms. The fourth-order valence-electron chi connectivity index (χ4n) is 1.05. The Balaban J connectivity index is 1.98. The number of hydrogen-bond acceptors (Lipinski definition) is 4. The van der Waals surface area contributed by atoms with Crippen molar-refractivity contribution in [3.05, 3.63) is 39.8 Å². The quantitative estimate of drug-likeness (QED) is 0.931. The average molecular weight is 270 g/mol. The standard InChI is InChI=1S/C9H8BrN3S/c10-7-2-1-3-8(4-7)11-5-9-6-12-13-14-9/h1-4,6,11H,5H2. The number of aromatic nitrogens is 2. The van der Waals surface area contributed by atoms with Crippen molar-refractivity contribution >= 4 is 33.1 Å². The van der Waals surface area contributed by atoms with Crippen LogP contribution in [0.2, 0.25) is 0 Å². The monoisotopic (exact) mass is 269 g/mol. The second-order valence-electron chi connectivity index (χ2n) is 2.75. The molecule has 1 heterocycles. The summed E-state index contributed by atoms with van der Waals surface area (Å²) in [4.78, 5) is 1.13. The van der Waals surface area contributed by atoms with Crippen LogP contribution >= 0.6 is 27.5 Å². The SMILES string of the molecule is Brc1cccc(NCc2cnns2)c1. The Morgan fingerprint density at radius 2 is 2.36 bits per heavy atom. The molecule has 2 rings (SSSR count). The molecule has 0 saturated carbocycles. The molecule has 14 heavy (non-hydrogen) atoms. The number of rotatable bonds is 3. The van der Waals surface area contributed by atoms with Crippen molar-refractivity contribution in [3.8, 4) is 0 Å². The summed E-state index contributed by atoms with van der Waals surface area (Å²) >= 11 is 4.83. The first-order valence-electron chi connectivity index (χ1n) is 4.10. The Bertz CT molecular complexity index is 402. The normalized spacial score (nSPS) is 10.1. The third-order valence-electron chi connectivity index (χ3n) is 1.70. The predicted molar refractivity (Wildman–Crippen MR) is 61.4 cm³/mol. The molecular weight excluding hydrogens is 262 g/mol. The van der Waals surface area contributed by atoms with Crippen molar-refractivity contribution < 1.29 is 0 Å². The molecule has 0 spiro atoms. The van der Waals surface area contributed by atoms with Gasteiger partial charge in [-0.05, 0) is 29.7 Å². The topological polar surface area (TPSA) is 37.8 Å². The van der Waals surface area contributed by atoms with Gasteiger partial charge in [-0.15, -0.1) is 5.10 Å². The molecule has 72 valence electrons. The minimum atomic E-state index is 0.772. The summed E-state index contributed by atoms with van der Waals surface area (Å²) in [5.74, 6) is 0. The molecule has 0 amide bonds. The van der Waals surface area contributed by atoms with Crippen molar-refractivity contribution in [2.75, 3.05) is 5.32 Å². The van der Waals surface area contributed by atoms with E-state index in [1.165, 1.54) is 11.5 Å². The highest BCUT2D eigenvalue weighted by Gasteiger charge is 1.96. The van der Waals surface area contributed by atoms with Gasteiger partial charge in [-0.1, -0.05) is 26.5 Å². The van der Waals surface area contributed by atoms with Crippen LogP contribution in [0.15, 0.2) is 34.9 Å². The van der Waals surface area contributed by atoms with E-state index < -0.39 is 0 Å². The van der Waals surface area contributed by atoms with Gasteiger partial charge in [0.05, 0.1) is 17.6 Å². The average Bonchev–Trinajstić information content (AvgIpc) is 2.67. The van der Waals surface area contributed by atoms with E-state index >= 15 is 0 Å². The summed E-state index contributed by atoms with van der Waals surface area (Å²) in [5, 5.41) is 7.06. The first-order valence-corrected chi connectivity index (χ1v) is 5.67. The summed E-state index contributed by atoms with van der Waals surface area (Å²) in [6.45, 7) is 0.772. The van der Waals surface area contributed by atoms with Gasteiger partial charge in [0.1, 0.15) is 0 Å². The molecule has 5 heteroatoms. The summed E-state index contributed by atoms with van der Waals surface area (Å²) in [6.07, 6.45) is 1.77. The Morgan fingerprint density at radius 3 is 3.07 bits per heavy atom. The number of nitrogens with zero attached hydrogens (tertiary/aromatic N) is 2. The van der Waals surface area contributed by atoms with Gasteiger partial charge in [0.2, 0.25) is 0 Å². The molecule has 0 aliphatic rings. The van der Waals surface area contributed by atoms with Crippen LogP contribution in [0.5, 0.6) is 0 Å². The van der Waals surface area contributed by atoms with Gasteiger partial charge in [-0.25, -0.2) is 0 Å². The minimum Gasteiger partial charge on any atom is -0.380 e. The molecule has 0 radical (unpaired) electrons. The number of anilines is 1. The molecule has 0 fully saturated rings. The van der Waals surface area contributed by atoms with Crippen molar-refractivity contribution in [1.82, 2.24) is 9.59 Å². The van der Waals surface area contributed by atoms with E-state index in [9.17, 15) is 0 Å². The van der Waals surface area contributed by atoms with Crippen molar-refractivity contribution in [1.29, 1.82) is 0 Å². The van der Waals surface area contributed by atoms with Gasteiger partial charge >= 0.3 is 0 Å². The van der Waals surface area contributed by atoms with Crippen LogP contribution in [0.25, 0.3) is 0 Å². The number of benzene rings is 1. The highest BCUT2D eigenvalue weighted by molar-refractivity contribution is 9.10. The Labute approximate surface area is 94.5 Å². The minimum absolute atomic E-state index is 0.772. The molecule has 0 atom stereocenters. The lowest BCUT2D eigenvalue weighted by Gasteiger charge is -2.03. The maximum atomic E-state index is 3.79. The van der Waals surface area contributed by atoms with Crippen LogP contribution in [0.1, 0.15) is 4.88 Å². The third-order valence-corrected chi connectivity index (χ3v) is 2.85. The fraction of sp³-hybridized carbons (Fsp3) is 0.111. The van der Waals surface area contributed by atoms with Crippen LogP contribution in [-0.2, 0) is 6.54 Å². The van der Waals surface area contributed by atoms with Crippen LogP contribution in [0.3, 0.4) is 0 Å². The molecule has 0 aliphatic heterocycles. The summed E-state index contributed by atoms with van der Waals surface area (Å²) in [7, 11) is 0. The maximum absolute atomic E-state index is 3.79. The zero-order chi connectivity index (χ0) is 9.80. The molecule has 3 nitrogen and oxygen atoms in total. The summed E-state index contributed by atoms with van der Waals surface area (Å²) in [6, 6.07) is 8.06. The van der Waals surface area contributed by atoms with E-state index in [4.69, 9.17) is 0 Å². The fourth-order valence-corrected chi connectivity index (χ4v) is 1.88. The Kier molecular flexibility index (Phi) is 3.10. The highest BCUT2D eigenvalue weighted by atomic mass is 79.9. The van der Waals surface area contributed by atoms with Crippen LogP contribution in [0.4, 0.5) is 5.69 Å². The smallest absolute Gasteiger partial charge is 0.0671 e. The lowest BCUT2D eigenvalue weighted by atomic mass is 10.3. The summed E-state index contributed by atoms with van der Waals surface area (Å²) < 4.78 is 4.87. The molecule has 1 aromatic carbocycles. The maximum Gasteiger partial charge on any atom is 0.0671 e. The molecule has 0 aliphatic carbocycles. The predicted octanol–water partition coefficient (Wildman–Crippen LogP) is 2.91. The van der Waals surface area contributed by atoms with E-state index in [1.54, 1.807) is 6.20 Å². The van der Waals surface area contributed by atoms with Gasteiger partial charge in [0.25, 0.3) is 0 Å². The van der Waals surface area contributed by atoms with Crippen molar-refractivity contribution in [3.63, 3.8) is 0 Å². The zero-order valence-electron chi connectivity index (χ0n) is 7.27. The Morgan fingerprint density at radius 1 is 1.43 bits per heavy atom.